The van der Waals surface area contributed by atoms with Crippen LogP contribution in [-0.4, -0.2) is 21.9 Å². The number of fused-ring (bicyclic) bond motifs is 5. The zero-order valence-corrected chi connectivity index (χ0v) is 13.9. The third kappa shape index (κ3) is 1.86. The SMILES string of the molecule is [2H]C([2H])([2H])[C@]1(O)C([2H])([2H])C[C@H]2[C@@H]3CC[C@H]4C[C@@H](O)CC[C@]4(C)[C@H]3CC[C@@]21C. The van der Waals surface area contributed by atoms with E-state index in [4.69, 9.17) is 6.85 Å². The molecule has 0 aromatic carbocycles. The summed E-state index contributed by atoms with van der Waals surface area (Å²) in [5.74, 6) is 1.12. The van der Waals surface area contributed by atoms with E-state index in [0.29, 0.717) is 18.3 Å². The summed E-state index contributed by atoms with van der Waals surface area (Å²) in [6.45, 7) is 1.45. The smallest absolute Gasteiger partial charge is 0.0675 e. The summed E-state index contributed by atoms with van der Waals surface area (Å²) in [5.41, 5.74) is -3.06. The predicted molar refractivity (Wildman–Crippen MR) is 88.4 cm³/mol. The summed E-state index contributed by atoms with van der Waals surface area (Å²) in [7, 11) is 0. The standard InChI is InChI=1S/C20H34O2/c1-18-9-6-14(21)12-13(18)4-5-15-16(18)7-10-19(2)17(15)8-11-20(19,3)22/h13-17,21-22H,4-12H2,1-3H3/t13-,14-,15+,16-,17-,18-,19-,20-/m0/s1/i3D3,11D2. The summed E-state index contributed by atoms with van der Waals surface area (Å²) in [5, 5.41) is 21.5. The zero-order chi connectivity index (χ0) is 20.0. The Hall–Kier alpha value is -0.0800. The molecule has 0 aliphatic heterocycles. The van der Waals surface area contributed by atoms with E-state index in [2.05, 4.69) is 6.92 Å². The quantitative estimate of drug-likeness (QED) is 0.706. The normalized spacial score (nSPS) is 67.5. The Morgan fingerprint density at radius 1 is 1.05 bits per heavy atom. The van der Waals surface area contributed by atoms with E-state index in [0.717, 1.165) is 38.5 Å². The minimum atomic E-state index is -2.73. The van der Waals surface area contributed by atoms with Crippen LogP contribution >= 0.6 is 0 Å². The van der Waals surface area contributed by atoms with Gasteiger partial charge in [-0.2, -0.15) is 0 Å². The molecular weight excluding hydrogens is 272 g/mol. The molecule has 0 amide bonds. The van der Waals surface area contributed by atoms with E-state index < -0.39 is 24.2 Å². The maximum absolute atomic E-state index is 11.4. The lowest BCUT2D eigenvalue weighted by Crippen LogP contribution is -2.56. The molecule has 0 saturated heterocycles. The number of aliphatic hydroxyl groups excluding tert-OH is 1. The molecule has 4 rings (SSSR count). The number of rotatable bonds is 0. The maximum Gasteiger partial charge on any atom is 0.0675 e. The Kier molecular flexibility index (Phi) is 2.30. The first-order valence-electron chi connectivity index (χ1n) is 11.7. The summed E-state index contributed by atoms with van der Waals surface area (Å²) in [6.07, 6.45) is 3.94. The van der Waals surface area contributed by atoms with Crippen molar-refractivity contribution in [2.75, 3.05) is 0 Å². The van der Waals surface area contributed by atoms with Crippen molar-refractivity contribution in [3.63, 3.8) is 0 Å². The van der Waals surface area contributed by atoms with Crippen LogP contribution in [0.5, 0.6) is 0 Å². The van der Waals surface area contributed by atoms with Crippen molar-refractivity contribution in [3.8, 4) is 0 Å². The van der Waals surface area contributed by atoms with Crippen molar-refractivity contribution in [2.45, 2.75) is 90.1 Å². The fraction of sp³-hybridized carbons (Fsp3) is 1.00. The average Bonchev–Trinajstić information content (AvgIpc) is 2.72. The predicted octanol–water partition coefficient (Wildman–Crippen LogP) is 4.14. The van der Waals surface area contributed by atoms with Gasteiger partial charge in [-0.1, -0.05) is 13.8 Å². The van der Waals surface area contributed by atoms with E-state index in [1.165, 1.54) is 0 Å². The number of aliphatic hydroxyl groups is 2. The second-order valence-electron chi connectivity index (χ2n) is 9.13. The maximum atomic E-state index is 11.4. The lowest BCUT2D eigenvalue weighted by molar-refractivity contribution is -0.153. The molecule has 2 nitrogen and oxygen atoms in total. The molecule has 0 aromatic heterocycles. The molecule has 0 radical (unpaired) electrons. The van der Waals surface area contributed by atoms with E-state index in [1.54, 1.807) is 0 Å². The molecule has 2 N–H and O–H groups in total. The van der Waals surface area contributed by atoms with Crippen LogP contribution in [0.25, 0.3) is 0 Å². The van der Waals surface area contributed by atoms with Crippen LogP contribution in [0.2, 0.25) is 0 Å². The molecule has 0 bridgehead atoms. The highest BCUT2D eigenvalue weighted by Crippen LogP contribution is 2.68. The van der Waals surface area contributed by atoms with Gasteiger partial charge >= 0.3 is 0 Å². The van der Waals surface area contributed by atoms with Crippen LogP contribution in [0.15, 0.2) is 0 Å². The van der Waals surface area contributed by atoms with Crippen LogP contribution < -0.4 is 0 Å². The fourth-order valence-corrected chi connectivity index (χ4v) is 6.84. The van der Waals surface area contributed by atoms with Gasteiger partial charge in [0.2, 0.25) is 0 Å². The number of hydrogen-bond acceptors (Lipinski definition) is 2. The van der Waals surface area contributed by atoms with E-state index in [1.807, 2.05) is 6.92 Å². The van der Waals surface area contributed by atoms with Gasteiger partial charge in [-0.25, -0.2) is 0 Å². The summed E-state index contributed by atoms with van der Waals surface area (Å²) in [4.78, 5) is 0. The van der Waals surface area contributed by atoms with Crippen LogP contribution in [0.3, 0.4) is 0 Å². The number of hydrogen-bond donors (Lipinski definition) is 2. The van der Waals surface area contributed by atoms with E-state index in [-0.39, 0.29) is 29.8 Å². The van der Waals surface area contributed by atoms with Crippen molar-refractivity contribution in [1.82, 2.24) is 0 Å². The Morgan fingerprint density at radius 2 is 1.86 bits per heavy atom. The topological polar surface area (TPSA) is 40.5 Å². The third-order valence-corrected chi connectivity index (χ3v) is 8.43. The second-order valence-corrected chi connectivity index (χ2v) is 9.13. The molecule has 4 aliphatic rings. The van der Waals surface area contributed by atoms with Gasteiger partial charge in [0.25, 0.3) is 0 Å². The Morgan fingerprint density at radius 3 is 2.64 bits per heavy atom. The first kappa shape index (κ1) is 10.7. The molecule has 0 unspecified atom stereocenters. The lowest BCUT2D eigenvalue weighted by atomic mass is 9.44. The van der Waals surface area contributed by atoms with E-state index in [9.17, 15) is 10.2 Å². The summed E-state index contributed by atoms with van der Waals surface area (Å²) in [6, 6.07) is 0. The third-order valence-electron chi connectivity index (χ3n) is 8.43. The monoisotopic (exact) mass is 311 g/mol. The fourth-order valence-electron chi connectivity index (χ4n) is 6.84. The van der Waals surface area contributed by atoms with Gasteiger partial charge in [-0.15, -0.1) is 0 Å². The molecule has 4 fully saturated rings. The van der Waals surface area contributed by atoms with Crippen LogP contribution in [0.4, 0.5) is 0 Å². The van der Waals surface area contributed by atoms with Gasteiger partial charge < -0.3 is 10.2 Å². The molecule has 2 heteroatoms. The van der Waals surface area contributed by atoms with Gasteiger partial charge in [0.15, 0.2) is 0 Å². The van der Waals surface area contributed by atoms with Gasteiger partial charge in [-0.05, 0) is 99.1 Å². The molecule has 4 aliphatic carbocycles. The molecule has 8 atom stereocenters. The first-order valence-corrected chi connectivity index (χ1v) is 9.18. The molecule has 126 valence electrons. The summed E-state index contributed by atoms with van der Waals surface area (Å²) >= 11 is 0. The van der Waals surface area contributed by atoms with Gasteiger partial charge in [-0.3, -0.25) is 0 Å². The van der Waals surface area contributed by atoms with E-state index >= 15 is 0 Å². The molecule has 0 aromatic rings. The molecule has 0 spiro atoms. The highest BCUT2D eigenvalue weighted by atomic mass is 16.3. The largest absolute Gasteiger partial charge is 0.393 e. The van der Waals surface area contributed by atoms with Gasteiger partial charge in [0, 0.05) is 6.85 Å². The molecular formula is C20H34O2. The lowest BCUT2D eigenvalue weighted by Gasteiger charge is -2.61. The van der Waals surface area contributed by atoms with Crippen LogP contribution in [0, 0.1) is 34.5 Å². The Labute approximate surface area is 142 Å². The highest BCUT2D eigenvalue weighted by Gasteiger charge is 2.63. The van der Waals surface area contributed by atoms with Gasteiger partial charge in [0.1, 0.15) is 0 Å². The minimum Gasteiger partial charge on any atom is -0.393 e. The molecule has 4 saturated carbocycles. The van der Waals surface area contributed by atoms with Crippen LogP contribution in [0.1, 0.15) is 85.3 Å². The molecule has 22 heavy (non-hydrogen) atoms. The average molecular weight is 312 g/mol. The van der Waals surface area contributed by atoms with Crippen molar-refractivity contribution in [1.29, 1.82) is 0 Å². The Balaban J connectivity index is 1.72. The van der Waals surface area contributed by atoms with Crippen molar-refractivity contribution in [2.24, 2.45) is 34.5 Å². The van der Waals surface area contributed by atoms with Gasteiger partial charge in [0.05, 0.1) is 11.7 Å². The zero-order valence-electron chi connectivity index (χ0n) is 18.9. The Bertz CT molecular complexity index is 622. The second kappa shape index (κ2) is 4.72. The van der Waals surface area contributed by atoms with Crippen molar-refractivity contribution in [3.05, 3.63) is 0 Å². The minimum absolute atomic E-state index is 0.0960. The first-order chi connectivity index (χ1) is 12.3. The molecule has 0 heterocycles. The van der Waals surface area contributed by atoms with Crippen LogP contribution in [-0.2, 0) is 0 Å². The highest BCUT2D eigenvalue weighted by molar-refractivity contribution is 5.12. The van der Waals surface area contributed by atoms with Crippen molar-refractivity contribution >= 4 is 0 Å². The summed E-state index contributed by atoms with van der Waals surface area (Å²) < 4.78 is 41.0. The van der Waals surface area contributed by atoms with Crippen molar-refractivity contribution < 1.29 is 17.1 Å².